The zero-order valence-electron chi connectivity index (χ0n) is 17.2. The number of nitrogens with zero attached hydrogens (tertiary/aromatic N) is 2. The third-order valence-electron chi connectivity index (χ3n) is 4.90. The molecule has 3 rings (SSSR count). The molecule has 1 amide bonds. The number of hydrogen-bond donors (Lipinski definition) is 3. The third-order valence-corrected chi connectivity index (χ3v) is 6.35. The van der Waals surface area contributed by atoms with Crippen molar-refractivity contribution in [1.29, 1.82) is 10.8 Å². The lowest BCUT2D eigenvalue weighted by atomic mass is 9.99. The Balaban J connectivity index is 2.32. The number of benzene rings is 1. The summed E-state index contributed by atoms with van der Waals surface area (Å²) in [4.78, 5) is 18.8. The molecule has 0 aliphatic carbocycles. The number of amidine groups is 2. The van der Waals surface area contributed by atoms with Gasteiger partial charge in [0.05, 0.1) is 12.1 Å². The fraction of sp³-hybridized carbons (Fsp3) is 0.333. The first-order chi connectivity index (χ1) is 14.1. The molecule has 2 aromatic rings. The fourth-order valence-corrected chi connectivity index (χ4v) is 4.68. The van der Waals surface area contributed by atoms with Crippen molar-refractivity contribution in [3.05, 3.63) is 50.9 Å². The highest BCUT2D eigenvalue weighted by atomic mass is 35.5. The second kappa shape index (κ2) is 8.28. The van der Waals surface area contributed by atoms with Crippen molar-refractivity contribution < 1.29 is 9.18 Å². The van der Waals surface area contributed by atoms with E-state index in [1.165, 1.54) is 23.2 Å². The molecule has 1 aromatic carbocycles. The molecule has 1 atom stereocenters. The van der Waals surface area contributed by atoms with Crippen LogP contribution in [0.25, 0.3) is 0 Å². The summed E-state index contributed by atoms with van der Waals surface area (Å²) in [5.74, 6) is -3.75. The van der Waals surface area contributed by atoms with E-state index in [4.69, 9.17) is 22.4 Å². The zero-order valence-corrected chi connectivity index (χ0v) is 18.8. The molecule has 6 nitrogen and oxygen atoms in total. The van der Waals surface area contributed by atoms with E-state index in [1.807, 2.05) is 13.8 Å². The van der Waals surface area contributed by atoms with Crippen molar-refractivity contribution in [2.24, 2.45) is 4.99 Å². The van der Waals surface area contributed by atoms with E-state index < -0.39 is 24.0 Å². The van der Waals surface area contributed by atoms with Crippen molar-refractivity contribution in [1.82, 2.24) is 5.32 Å². The number of anilines is 1. The predicted molar refractivity (Wildman–Crippen MR) is 122 cm³/mol. The molecular formula is C21H23ClFN5OS. The first-order valence-electron chi connectivity index (χ1n) is 9.45. The van der Waals surface area contributed by atoms with Crippen LogP contribution in [0, 0.1) is 24.7 Å². The zero-order chi connectivity index (χ0) is 22.2. The number of aliphatic imine (C=N–C) groups is 1. The summed E-state index contributed by atoms with van der Waals surface area (Å²) < 4.78 is 16.3. The smallest absolute Gasteiger partial charge is 0.266 e. The van der Waals surface area contributed by atoms with Crippen molar-refractivity contribution >= 4 is 51.2 Å². The number of alkyl halides is 1. The highest BCUT2D eigenvalue weighted by Crippen LogP contribution is 2.42. The van der Waals surface area contributed by atoms with E-state index in [0.29, 0.717) is 33.4 Å². The van der Waals surface area contributed by atoms with Gasteiger partial charge in [-0.25, -0.2) is 9.38 Å². The van der Waals surface area contributed by atoms with Gasteiger partial charge < -0.3 is 5.32 Å². The summed E-state index contributed by atoms with van der Waals surface area (Å²) in [5, 5.41) is 20.5. The van der Waals surface area contributed by atoms with Gasteiger partial charge in [-0.3, -0.25) is 20.5 Å². The number of rotatable bonds is 4. The summed E-state index contributed by atoms with van der Waals surface area (Å²) in [6, 6.07) is 6.85. The normalized spacial score (nSPS) is 18.5. The summed E-state index contributed by atoms with van der Waals surface area (Å²) in [5.41, 5.74) is 2.51. The van der Waals surface area contributed by atoms with Crippen LogP contribution in [0.3, 0.4) is 0 Å². The number of thiophene rings is 1. The number of hydrogen-bond acceptors (Lipinski definition) is 5. The molecule has 1 unspecified atom stereocenters. The van der Waals surface area contributed by atoms with Crippen LogP contribution in [0.5, 0.6) is 0 Å². The van der Waals surface area contributed by atoms with Crippen molar-refractivity contribution in [3.8, 4) is 0 Å². The Morgan fingerprint density at radius 2 is 1.97 bits per heavy atom. The number of nitrogens with one attached hydrogen (secondary N) is 3. The molecule has 0 saturated heterocycles. The summed E-state index contributed by atoms with van der Waals surface area (Å²) in [7, 11) is 0. The van der Waals surface area contributed by atoms with E-state index in [1.54, 1.807) is 31.2 Å². The first kappa shape index (κ1) is 22.1. The SMILES string of the molecule is CCNC(=O)CC1(F)N=C(c2ccc(Cl)cc2)c2c(sc(C)c2C)N(C(C)=N)C1=N. The maximum absolute atomic E-state index is 16.3. The molecule has 0 spiro atoms. The first-order valence-corrected chi connectivity index (χ1v) is 10.6. The molecule has 0 bridgehead atoms. The minimum atomic E-state index is -2.63. The van der Waals surface area contributed by atoms with Gasteiger partial charge in [0.2, 0.25) is 5.91 Å². The predicted octanol–water partition coefficient (Wildman–Crippen LogP) is 4.84. The largest absolute Gasteiger partial charge is 0.356 e. The fourth-order valence-electron chi connectivity index (χ4n) is 3.34. The molecule has 3 N–H and O–H groups in total. The minimum absolute atomic E-state index is 0.0204. The Morgan fingerprint density at radius 1 is 1.33 bits per heavy atom. The van der Waals surface area contributed by atoms with Gasteiger partial charge in [-0.15, -0.1) is 11.3 Å². The Labute approximate surface area is 183 Å². The van der Waals surface area contributed by atoms with Gasteiger partial charge in [0.1, 0.15) is 10.8 Å². The van der Waals surface area contributed by atoms with Crippen LogP contribution in [-0.2, 0) is 4.79 Å². The van der Waals surface area contributed by atoms with Gasteiger partial charge in [0, 0.05) is 27.6 Å². The number of carbonyl (C=O) groups is 1. The standard InChI is InChI=1S/C21H23ClFN5OS/c1-5-26-16(29)10-21(23)20(25)28(13(4)24)19-17(11(2)12(3)30-19)18(27-21)14-6-8-15(22)9-7-14/h6-9,24-25H,5,10H2,1-4H3,(H,26,29). The second-order valence-corrected chi connectivity index (χ2v) is 8.73. The summed E-state index contributed by atoms with van der Waals surface area (Å²) in [6.45, 7) is 7.41. The van der Waals surface area contributed by atoms with Gasteiger partial charge in [0.25, 0.3) is 5.79 Å². The molecule has 9 heteroatoms. The Morgan fingerprint density at radius 3 is 2.53 bits per heavy atom. The van der Waals surface area contributed by atoms with Crippen molar-refractivity contribution in [2.75, 3.05) is 11.4 Å². The molecule has 1 aromatic heterocycles. The van der Waals surface area contributed by atoms with E-state index >= 15 is 4.39 Å². The highest BCUT2D eigenvalue weighted by Gasteiger charge is 2.46. The van der Waals surface area contributed by atoms with Gasteiger partial charge in [-0.1, -0.05) is 23.7 Å². The summed E-state index contributed by atoms with van der Waals surface area (Å²) >= 11 is 7.40. The van der Waals surface area contributed by atoms with Crippen LogP contribution in [0.15, 0.2) is 29.3 Å². The molecule has 158 valence electrons. The van der Waals surface area contributed by atoms with E-state index in [9.17, 15) is 4.79 Å². The van der Waals surface area contributed by atoms with Crippen LogP contribution in [0.4, 0.5) is 9.39 Å². The lowest BCUT2D eigenvalue weighted by Gasteiger charge is -2.28. The maximum Gasteiger partial charge on any atom is 0.266 e. The van der Waals surface area contributed by atoms with Crippen LogP contribution >= 0.6 is 22.9 Å². The Hall–Kier alpha value is -2.58. The molecule has 1 aliphatic heterocycles. The third kappa shape index (κ3) is 3.89. The maximum atomic E-state index is 16.3. The second-order valence-electron chi connectivity index (χ2n) is 7.09. The highest BCUT2D eigenvalue weighted by molar-refractivity contribution is 7.17. The molecule has 0 fully saturated rings. The van der Waals surface area contributed by atoms with Crippen LogP contribution in [0.2, 0.25) is 5.02 Å². The number of aryl methyl sites for hydroxylation is 1. The van der Waals surface area contributed by atoms with Gasteiger partial charge >= 0.3 is 0 Å². The molecular weight excluding hydrogens is 425 g/mol. The quantitative estimate of drug-likeness (QED) is 0.355. The van der Waals surface area contributed by atoms with E-state index in [-0.39, 0.29) is 5.84 Å². The van der Waals surface area contributed by atoms with E-state index in [0.717, 1.165) is 10.4 Å². The lowest BCUT2D eigenvalue weighted by Crippen LogP contribution is -2.48. The Bertz CT molecular complexity index is 1060. The molecule has 0 saturated carbocycles. The topological polar surface area (TPSA) is 92.4 Å². The van der Waals surface area contributed by atoms with Gasteiger partial charge in [-0.2, -0.15) is 0 Å². The number of halogens is 2. The van der Waals surface area contributed by atoms with Gasteiger partial charge in [-0.05, 0) is 45.4 Å². The van der Waals surface area contributed by atoms with Crippen LogP contribution in [-0.4, -0.2) is 35.6 Å². The average molecular weight is 448 g/mol. The number of fused-ring (bicyclic) bond motifs is 1. The summed E-state index contributed by atoms with van der Waals surface area (Å²) in [6.07, 6.45) is -0.645. The van der Waals surface area contributed by atoms with Crippen molar-refractivity contribution in [3.63, 3.8) is 0 Å². The average Bonchev–Trinajstić information content (AvgIpc) is 2.90. The molecule has 0 radical (unpaired) electrons. The molecule has 2 heterocycles. The van der Waals surface area contributed by atoms with E-state index in [2.05, 4.69) is 10.3 Å². The van der Waals surface area contributed by atoms with Crippen LogP contribution in [0.1, 0.15) is 41.8 Å². The van der Waals surface area contributed by atoms with Crippen LogP contribution < -0.4 is 10.2 Å². The molecule has 1 aliphatic rings. The number of carbonyl (C=O) groups excluding carboxylic acids is 1. The molecule has 30 heavy (non-hydrogen) atoms. The Kier molecular flexibility index (Phi) is 6.10. The van der Waals surface area contributed by atoms with Crippen molar-refractivity contribution in [2.45, 2.75) is 39.9 Å². The lowest BCUT2D eigenvalue weighted by molar-refractivity contribution is -0.122. The number of amides is 1. The monoisotopic (exact) mass is 447 g/mol. The minimum Gasteiger partial charge on any atom is -0.356 e. The van der Waals surface area contributed by atoms with Gasteiger partial charge in [0.15, 0.2) is 5.84 Å².